The molecule has 0 aliphatic carbocycles. The number of carbonyl (C=O) groups is 2. The summed E-state index contributed by atoms with van der Waals surface area (Å²) in [6.07, 6.45) is -4.62. The van der Waals surface area contributed by atoms with E-state index < -0.39 is 29.6 Å². The van der Waals surface area contributed by atoms with E-state index in [0.717, 1.165) is 12.1 Å². The number of nitrogens with one attached hydrogen (secondary N) is 1. The van der Waals surface area contributed by atoms with E-state index in [-0.39, 0.29) is 17.0 Å². The highest BCUT2D eigenvalue weighted by Crippen LogP contribution is 2.29. The molecule has 2 rings (SSSR count). The Bertz CT molecular complexity index is 841. The van der Waals surface area contributed by atoms with Crippen LogP contribution in [0.5, 0.6) is 0 Å². The van der Waals surface area contributed by atoms with Gasteiger partial charge in [-0.2, -0.15) is 13.2 Å². The summed E-state index contributed by atoms with van der Waals surface area (Å²) in [4.78, 5) is 23.9. The summed E-state index contributed by atoms with van der Waals surface area (Å²) in [6.45, 7) is 0. The third kappa shape index (κ3) is 5.12. The van der Waals surface area contributed by atoms with Crippen LogP contribution in [0.1, 0.15) is 21.5 Å². The molecule has 0 aliphatic heterocycles. The zero-order valence-electron chi connectivity index (χ0n) is 13.1. The van der Waals surface area contributed by atoms with E-state index in [9.17, 15) is 22.8 Å². The molecule has 0 bridgehead atoms. The number of hydrogen-bond acceptors (Lipinski definition) is 2. The molecular formula is C17H13Cl2F3N2O2. The Morgan fingerprint density at radius 2 is 1.81 bits per heavy atom. The van der Waals surface area contributed by atoms with Crippen molar-refractivity contribution in [2.45, 2.75) is 18.6 Å². The molecule has 0 heterocycles. The number of nitrogens with two attached hydrogens (primary N) is 1. The number of amides is 2. The van der Waals surface area contributed by atoms with Crippen LogP contribution >= 0.6 is 23.2 Å². The Kier molecular flexibility index (Phi) is 6.15. The van der Waals surface area contributed by atoms with Gasteiger partial charge in [-0.25, -0.2) is 0 Å². The lowest BCUT2D eigenvalue weighted by atomic mass is 10.0. The fourth-order valence-corrected chi connectivity index (χ4v) is 2.69. The van der Waals surface area contributed by atoms with Gasteiger partial charge in [-0.15, -0.1) is 0 Å². The molecule has 0 radical (unpaired) electrons. The molecule has 0 unspecified atom stereocenters. The summed E-state index contributed by atoms with van der Waals surface area (Å²) < 4.78 is 38.3. The van der Waals surface area contributed by atoms with Gasteiger partial charge in [0.15, 0.2) is 0 Å². The molecule has 2 aromatic rings. The first-order valence-electron chi connectivity index (χ1n) is 7.29. The predicted molar refractivity (Wildman–Crippen MR) is 92.1 cm³/mol. The van der Waals surface area contributed by atoms with E-state index in [1.165, 1.54) is 12.1 Å². The lowest BCUT2D eigenvalue weighted by Crippen LogP contribution is -2.45. The standard InChI is InChI=1S/C17H13Cl2F3N2O2/c18-12-5-4-9(13(19)8-12)7-14(15(23)25)24-16(26)10-2-1-3-11(6-10)17(20,21)22/h1-6,8,14H,7H2,(H2,23,25)(H,24,26)/t14-/m1/s1. The van der Waals surface area contributed by atoms with Gasteiger partial charge >= 0.3 is 6.18 Å². The van der Waals surface area contributed by atoms with Crippen molar-refractivity contribution >= 4 is 35.0 Å². The number of benzene rings is 2. The second-order valence-corrected chi connectivity index (χ2v) is 6.29. The number of alkyl halides is 3. The molecule has 0 fully saturated rings. The number of rotatable bonds is 5. The quantitative estimate of drug-likeness (QED) is 0.794. The molecule has 0 saturated carbocycles. The highest BCUT2D eigenvalue weighted by Gasteiger charge is 2.31. The van der Waals surface area contributed by atoms with Gasteiger partial charge in [-0.1, -0.05) is 35.3 Å². The normalized spacial score (nSPS) is 12.5. The molecule has 4 nitrogen and oxygen atoms in total. The Hall–Kier alpha value is -2.25. The van der Waals surface area contributed by atoms with Crippen molar-refractivity contribution < 1.29 is 22.8 Å². The van der Waals surface area contributed by atoms with Crippen LogP contribution in [0.2, 0.25) is 10.0 Å². The zero-order valence-corrected chi connectivity index (χ0v) is 14.6. The van der Waals surface area contributed by atoms with Gasteiger partial charge < -0.3 is 11.1 Å². The van der Waals surface area contributed by atoms with Crippen molar-refractivity contribution in [2.24, 2.45) is 5.73 Å². The summed E-state index contributed by atoms with van der Waals surface area (Å²) in [5.74, 6) is -1.71. The van der Waals surface area contributed by atoms with Gasteiger partial charge in [0.05, 0.1) is 5.56 Å². The lowest BCUT2D eigenvalue weighted by Gasteiger charge is -2.17. The molecule has 26 heavy (non-hydrogen) atoms. The Balaban J connectivity index is 2.19. The SMILES string of the molecule is NC(=O)[C@@H](Cc1ccc(Cl)cc1Cl)NC(=O)c1cccc(C(F)(F)F)c1. The van der Waals surface area contributed by atoms with Crippen molar-refractivity contribution in [3.8, 4) is 0 Å². The van der Waals surface area contributed by atoms with Gasteiger partial charge in [-0.05, 0) is 35.9 Å². The predicted octanol–water partition coefficient (Wildman–Crippen LogP) is 3.84. The number of carbonyl (C=O) groups excluding carboxylic acids is 2. The van der Waals surface area contributed by atoms with Crippen molar-refractivity contribution in [1.29, 1.82) is 0 Å². The van der Waals surface area contributed by atoms with Crippen LogP contribution < -0.4 is 11.1 Å². The largest absolute Gasteiger partial charge is 0.416 e. The molecule has 0 aromatic heterocycles. The molecule has 3 N–H and O–H groups in total. The summed E-state index contributed by atoms with van der Waals surface area (Å²) in [5.41, 5.74) is 4.58. The van der Waals surface area contributed by atoms with Crippen molar-refractivity contribution in [2.75, 3.05) is 0 Å². The summed E-state index contributed by atoms with van der Waals surface area (Å²) in [6, 6.07) is 7.27. The molecule has 0 aliphatic rings. The summed E-state index contributed by atoms with van der Waals surface area (Å²) >= 11 is 11.8. The Labute approximate surface area is 157 Å². The van der Waals surface area contributed by atoms with Gasteiger partial charge in [0.2, 0.25) is 5.91 Å². The van der Waals surface area contributed by atoms with Crippen LogP contribution in [-0.4, -0.2) is 17.9 Å². The van der Waals surface area contributed by atoms with Crippen LogP contribution in [-0.2, 0) is 17.4 Å². The topological polar surface area (TPSA) is 72.2 Å². The molecule has 0 spiro atoms. The molecule has 2 aromatic carbocycles. The number of halogens is 5. The van der Waals surface area contributed by atoms with Crippen LogP contribution in [0.4, 0.5) is 13.2 Å². The maximum atomic E-state index is 12.8. The maximum Gasteiger partial charge on any atom is 0.416 e. The minimum absolute atomic E-state index is 0.0317. The summed E-state index contributed by atoms with van der Waals surface area (Å²) in [7, 11) is 0. The fraction of sp³-hybridized carbons (Fsp3) is 0.176. The molecule has 0 saturated heterocycles. The van der Waals surface area contributed by atoms with Gasteiger partial charge in [0.1, 0.15) is 6.04 Å². The van der Waals surface area contributed by atoms with Gasteiger partial charge in [-0.3, -0.25) is 9.59 Å². The first kappa shape index (κ1) is 20.1. The lowest BCUT2D eigenvalue weighted by molar-refractivity contribution is -0.137. The van der Waals surface area contributed by atoms with Crippen LogP contribution in [0.3, 0.4) is 0 Å². The number of primary amides is 1. The first-order valence-corrected chi connectivity index (χ1v) is 8.05. The van der Waals surface area contributed by atoms with Crippen LogP contribution in [0.15, 0.2) is 42.5 Å². The maximum absolute atomic E-state index is 12.8. The van der Waals surface area contributed by atoms with Crippen molar-refractivity contribution in [3.63, 3.8) is 0 Å². The summed E-state index contributed by atoms with van der Waals surface area (Å²) in [5, 5.41) is 3.00. The second kappa shape index (κ2) is 7.97. The number of hydrogen-bond donors (Lipinski definition) is 2. The van der Waals surface area contributed by atoms with Gasteiger partial charge in [0, 0.05) is 22.0 Å². The Morgan fingerprint density at radius 3 is 2.38 bits per heavy atom. The molecule has 9 heteroatoms. The highest BCUT2D eigenvalue weighted by atomic mass is 35.5. The van der Waals surface area contributed by atoms with E-state index in [2.05, 4.69) is 5.32 Å². The van der Waals surface area contributed by atoms with E-state index in [1.54, 1.807) is 12.1 Å². The third-order valence-corrected chi connectivity index (χ3v) is 4.13. The monoisotopic (exact) mass is 404 g/mol. The second-order valence-electron chi connectivity index (χ2n) is 5.45. The third-order valence-electron chi connectivity index (χ3n) is 3.54. The first-order chi connectivity index (χ1) is 12.1. The smallest absolute Gasteiger partial charge is 0.368 e. The van der Waals surface area contributed by atoms with Crippen molar-refractivity contribution in [1.82, 2.24) is 5.32 Å². The van der Waals surface area contributed by atoms with E-state index in [4.69, 9.17) is 28.9 Å². The van der Waals surface area contributed by atoms with E-state index >= 15 is 0 Å². The average Bonchev–Trinajstić information content (AvgIpc) is 2.55. The molecule has 138 valence electrons. The van der Waals surface area contributed by atoms with Crippen LogP contribution in [0, 0.1) is 0 Å². The minimum Gasteiger partial charge on any atom is -0.368 e. The van der Waals surface area contributed by atoms with Gasteiger partial charge in [0.25, 0.3) is 5.91 Å². The molecule has 1 atom stereocenters. The van der Waals surface area contributed by atoms with E-state index in [0.29, 0.717) is 16.7 Å². The Morgan fingerprint density at radius 1 is 1.12 bits per heavy atom. The van der Waals surface area contributed by atoms with Crippen LogP contribution in [0.25, 0.3) is 0 Å². The fourth-order valence-electron chi connectivity index (χ4n) is 2.21. The van der Waals surface area contributed by atoms with Crippen molar-refractivity contribution in [3.05, 3.63) is 69.2 Å². The minimum atomic E-state index is -4.59. The average molecular weight is 405 g/mol. The van der Waals surface area contributed by atoms with E-state index in [1.807, 2.05) is 0 Å². The highest BCUT2D eigenvalue weighted by molar-refractivity contribution is 6.35. The molecule has 2 amide bonds. The zero-order chi connectivity index (χ0) is 19.5. The molecular weight excluding hydrogens is 392 g/mol.